The third kappa shape index (κ3) is 16.7. The number of hydrogen-bond donors (Lipinski definition) is 6. The van der Waals surface area contributed by atoms with Gasteiger partial charge in [0.15, 0.2) is 5.72 Å². The zero-order valence-electron chi connectivity index (χ0n) is 55.9. The first-order chi connectivity index (χ1) is 47.5. The normalized spacial score (nSPS) is 13.1. The molecule has 0 aliphatic carbocycles. The van der Waals surface area contributed by atoms with Crippen LogP contribution in [-0.4, -0.2) is 88.5 Å². The number of rotatable bonds is 24. The lowest BCUT2D eigenvalue weighted by Gasteiger charge is -2.42. The van der Waals surface area contributed by atoms with Crippen molar-refractivity contribution in [3.63, 3.8) is 0 Å². The van der Waals surface area contributed by atoms with Crippen LogP contribution in [0.5, 0.6) is 34.5 Å². The molecule has 0 fully saturated rings. The van der Waals surface area contributed by atoms with Crippen LogP contribution in [0.1, 0.15) is 66.5 Å². The quantitative estimate of drug-likeness (QED) is 0.0242. The van der Waals surface area contributed by atoms with Gasteiger partial charge in [0.2, 0.25) is 29.5 Å². The molecule has 0 atom stereocenters. The lowest BCUT2D eigenvalue weighted by molar-refractivity contribution is 0.0357. The Hall–Kier alpha value is -9.19. The number of benzene rings is 10. The van der Waals surface area contributed by atoms with Crippen LogP contribution in [0.4, 0.5) is 0 Å². The van der Waals surface area contributed by atoms with Crippen molar-refractivity contribution in [3.8, 4) is 67.9 Å². The second-order valence-corrected chi connectivity index (χ2v) is 37.2. The third-order valence-corrected chi connectivity index (χ3v) is 26.5. The molecule has 0 heterocycles. The number of sulfone groups is 3. The highest BCUT2D eigenvalue weighted by Crippen LogP contribution is 2.43. The number of hydrogen-bond acceptors (Lipinski definition) is 20. The maximum atomic E-state index is 14.4. The standard InChI is InChI=1S/C72H68N2O22S7/c1-69(2,51-19-33-59(34-20-51)97(75,76)60-35-30-55(31-36-60)93-53-22-9-45(10-23-53)48-15-28-57(29-16-48)96-72(7,8)74)71(5,6)95-56-26-13-47(14-27-56)46-11-24-54(25-12-46)94-58-32-40-64(68(44-58)103(90,91)92)99(79,80)62-38-18-50(42-66(62)101(84,85)86)49-17-37-61(65(41-49)100(81,82)83)98(77,78)63-39-21-52(70(3,4)73)43-67(63)102(87,88)89/h9-44H,73-74H2,1-8H3,(H,81,82,83)(H,84,85,86)(H,87,88,89)(H,90,91,92). The molecule has 0 aliphatic rings. The van der Waals surface area contributed by atoms with Gasteiger partial charge in [0, 0.05) is 17.0 Å². The van der Waals surface area contributed by atoms with Crippen LogP contribution in [0.2, 0.25) is 0 Å². The van der Waals surface area contributed by atoms with Crippen molar-refractivity contribution in [2.75, 3.05) is 0 Å². The smallest absolute Gasteiger partial charge is 0.295 e. The van der Waals surface area contributed by atoms with E-state index in [1.807, 2.05) is 76.2 Å². The van der Waals surface area contributed by atoms with Gasteiger partial charge in [-0.2, -0.15) is 33.7 Å². The number of ether oxygens (including phenoxy) is 4. The molecule has 0 saturated carbocycles. The average Bonchev–Trinajstić information content (AvgIpc) is 0.747. The predicted molar refractivity (Wildman–Crippen MR) is 381 cm³/mol. The predicted octanol–water partition coefficient (Wildman–Crippen LogP) is 13.2. The molecule has 24 nitrogen and oxygen atoms in total. The molecule has 10 aromatic carbocycles. The van der Waals surface area contributed by atoms with Crippen molar-refractivity contribution in [2.24, 2.45) is 11.5 Å². The summed E-state index contributed by atoms with van der Waals surface area (Å²) in [5.74, 6) is 1.93. The highest BCUT2D eigenvalue weighted by atomic mass is 32.2. The van der Waals surface area contributed by atoms with Gasteiger partial charge in [-0.05, 0) is 220 Å². The molecule has 10 aromatic rings. The molecule has 0 unspecified atom stereocenters. The van der Waals surface area contributed by atoms with E-state index in [0.717, 1.165) is 58.7 Å². The second-order valence-electron chi connectivity index (χ2n) is 26.0. The van der Waals surface area contributed by atoms with Crippen molar-refractivity contribution in [2.45, 2.75) is 127 Å². The molecule has 0 radical (unpaired) electrons. The molecule has 0 amide bonds. The molecule has 0 saturated heterocycles. The van der Waals surface area contributed by atoms with Crippen LogP contribution >= 0.6 is 0 Å². The largest absolute Gasteiger partial charge is 0.487 e. The van der Waals surface area contributed by atoms with E-state index >= 15 is 0 Å². The van der Waals surface area contributed by atoms with Crippen LogP contribution < -0.4 is 30.4 Å². The summed E-state index contributed by atoms with van der Waals surface area (Å²) >= 11 is 0. The monoisotopic (exact) mass is 1540 g/mol. The number of nitrogens with two attached hydrogens (primary N) is 2. The molecular weight excluding hydrogens is 1470 g/mol. The van der Waals surface area contributed by atoms with Crippen molar-refractivity contribution in [3.05, 3.63) is 230 Å². The van der Waals surface area contributed by atoms with Gasteiger partial charge in [0.1, 0.15) is 59.7 Å². The molecule has 8 N–H and O–H groups in total. The van der Waals surface area contributed by atoms with Gasteiger partial charge >= 0.3 is 0 Å². The Morgan fingerprint density at radius 2 is 0.544 bits per heavy atom. The van der Waals surface area contributed by atoms with Crippen molar-refractivity contribution >= 4 is 70.0 Å². The molecule has 10 rings (SSSR count). The van der Waals surface area contributed by atoms with E-state index in [0.29, 0.717) is 65.0 Å². The van der Waals surface area contributed by atoms with Crippen LogP contribution in [0.25, 0.3) is 33.4 Å². The maximum absolute atomic E-state index is 14.4. The van der Waals surface area contributed by atoms with Crippen LogP contribution in [-0.2, 0) is 80.9 Å². The molecule has 0 spiro atoms. The van der Waals surface area contributed by atoms with Gasteiger partial charge < -0.3 is 24.7 Å². The lowest BCUT2D eigenvalue weighted by Crippen LogP contribution is -2.47. The Labute approximate surface area is 597 Å². The summed E-state index contributed by atoms with van der Waals surface area (Å²) in [6.07, 6.45) is 0. The van der Waals surface area contributed by atoms with E-state index in [9.17, 15) is 77.1 Å². The molecular formula is C72H68N2O22S7. The van der Waals surface area contributed by atoms with Crippen LogP contribution in [0, 0.1) is 0 Å². The van der Waals surface area contributed by atoms with E-state index in [1.54, 1.807) is 86.6 Å². The van der Waals surface area contributed by atoms with Crippen LogP contribution in [0.15, 0.2) is 267 Å². The Bertz CT molecular complexity index is 5810. The zero-order valence-corrected chi connectivity index (χ0v) is 61.6. The molecule has 31 heteroatoms. The van der Waals surface area contributed by atoms with Gasteiger partial charge in [-0.25, -0.2) is 25.3 Å². The van der Waals surface area contributed by atoms with Crippen LogP contribution in [0.3, 0.4) is 0 Å². The van der Waals surface area contributed by atoms with E-state index < -0.39 is 143 Å². The second kappa shape index (κ2) is 27.5. The van der Waals surface area contributed by atoms with E-state index in [4.69, 9.17) is 30.4 Å². The Morgan fingerprint density at radius 3 is 0.903 bits per heavy atom. The summed E-state index contributed by atoms with van der Waals surface area (Å²) in [7, 11) is -36.8. The fourth-order valence-electron chi connectivity index (χ4n) is 10.8. The summed E-state index contributed by atoms with van der Waals surface area (Å²) in [6.45, 7) is 14.2. The summed E-state index contributed by atoms with van der Waals surface area (Å²) in [5.41, 5.74) is 11.6. The summed E-state index contributed by atoms with van der Waals surface area (Å²) in [6, 6.07) is 50.0. The molecule has 0 aromatic heterocycles. The molecule has 103 heavy (non-hydrogen) atoms. The zero-order chi connectivity index (χ0) is 75.6. The fourth-order valence-corrected chi connectivity index (χ4v) is 19.8. The van der Waals surface area contributed by atoms with Gasteiger partial charge in [-0.1, -0.05) is 92.7 Å². The third-order valence-electron chi connectivity index (χ3n) is 16.9. The Kier molecular flexibility index (Phi) is 20.4. The van der Waals surface area contributed by atoms with E-state index in [-0.39, 0.29) is 26.9 Å². The lowest BCUT2D eigenvalue weighted by atomic mass is 9.72. The minimum absolute atomic E-state index is 0.0260. The topological polar surface area (TPSA) is 409 Å². The first kappa shape index (κ1) is 76.4. The van der Waals surface area contributed by atoms with Gasteiger partial charge in [-0.3, -0.25) is 23.9 Å². The summed E-state index contributed by atoms with van der Waals surface area (Å²) < 4.78 is 253. The first-order valence-electron chi connectivity index (χ1n) is 30.7. The molecule has 0 aliphatic heterocycles. The highest BCUT2D eigenvalue weighted by molar-refractivity contribution is 7.94. The maximum Gasteiger partial charge on any atom is 0.295 e. The molecule has 540 valence electrons. The van der Waals surface area contributed by atoms with Gasteiger partial charge in [-0.15, -0.1) is 0 Å². The molecule has 0 bridgehead atoms. The van der Waals surface area contributed by atoms with Crippen molar-refractivity contribution in [1.82, 2.24) is 0 Å². The van der Waals surface area contributed by atoms with E-state index in [1.165, 1.54) is 38.1 Å². The summed E-state index contributed by atoms with van der Waals surface area (Å²) in [5, 5.41) is 0. The van der Waals surface area contributed by atoms with Gasteiger partial charge in [0.05, 0.1) is 29.4 Å². The summed E-state index contributed by atoms with van der Waals surface area (Å²) in [4.78, 5) is -10.0. The Balaban J connectivity index is 0.802. The van der Waals surface area contributed by atoms with E-state index in [2.05, 4.69) is 0 Å². The highest BCUT2D eigenvalue weighted by Gasteiger charge is 2.42. The fraction of sp³-hybridized carbons (Fsp3) is 0.167. The SMILES string of the molecule is CC(C)(N)Oc1ccc(-c2ccc(Oc3ccc(S(=O)(=O)c4ccc(C(C)(C)C(C)(C)Oc5ccc(-c6ccc(Oc7ccc(S(=O)(=O)c8ccc(-c9ccc(S(=O)(=O)c%10ccc(C(C)(C)N)cc%10S(=O)(=O)O)c(S(=O)(=O)O)c9)cc8S(=O)(=O)O)c(S(=O)(=O)O)c7)cc6)cc5)cc4)cc3)cc2)cc1. The first-order valence-corrected chi connectivity index (χ1v) is 40.9. The Morgan fingerprint density at radius 1 is 0.272 bits per heavy atom. The van der Waals surface area contributed by atoms with Crippen molar-refractivity contribution < 1.29 is 96.1 Å². The van der Waals surface area contributed by atoms with Crippen molar-refractivity contribution in [1.29, 1.82) is 0 Å². The average molecular weight is 1540 g/mol. The minimum Gasteiger partial charge on any atom is -0.487 e. The van der Waals surface area contributed by atoms with Gasteiger partial charge in [0.25, 0.3) is 40.5 Å². The minimum atomic E-state index is -5.66.